The van der Waals surface area contributed by atoms with Crippen LogP contribution in [0.2, 0.25) is 0 Å². The quantitative estimate of drug-likeness (QED) is 0.752. The maximum absolute atomic E-state index is 11.2. The van der Waals surface area contributed by atoms with Crippen LogP contribution in [0.3, 0.4) is 0 Å². The van der Waals surface area contributed by atoms with E-state index < -0.39 is 0 Å². The van der Waals surface area contributed by atoms with Crippen LogP contribution in [-0.2, 0) is 4.79 Å². The number of nitrogens with one attached hydrogen (secondary N) is 1. The van der Waals surface area contributed by atoms with Gasteiger partial charge in [-0.15, -0.1) is 10.2 Å². The summed E-state index contributed by atoms with van der Waals surface area (Å²) in [5.41, 5.74) is 0.229. The fourth-order valence-electron chi connectivity index (χ4n) is 0.729. The van der Waals surface area contributed by atoms with Gasteiger partial charge in [-0.1, -0.05) is 13.8 Å². The van der Waals surface area contributed by atoms with Crippen molar-refractivity contribution in [2.24, 2.45) is 5.92 Å². The van der Waals surface area contributed by atoms with E-state index in [1.807, 2.05) is 6.07 Å². The SMILES string of the molecule is CC(C)C(=O)Nc1ccc(C#N)nn1. The number of hydrogen-bond acceptors (Lipinski definition) is 4. The normalized spacial score (nSPS) is 9.57. The lowest BCUT2D eigenvalue weighted by molar-refractivity contribution is -0.118. The molecule has 1 rings (SSSR count). The Labute approximate surface area is 81.8 Å². The molecule has 0 saturated carbocycles. The number of amides is 1. The molecule has 5 heteroatoms. The van der Waals surface area contributed by atoms with Gasteiger partial charge in [-0.05, 0) is 12.1 Å². The summed E-state index contributed by atoms with van der Waals surface area (Å²) in [6.07, 6.45) is 0. The molecule has 14 heavy (non-hydrogen) atoms. The van der Waals surface area contributed by atoms with Gasteiger partial charge in [0.2, 0.25) is 5.91 Å². The first-order valence-electron chi connectivity index (χ1n) is 4.18. The van der Waals surface area contributed by atoms with Gasteiger partial charge in [0.15, 0.2) is 11.5 Å². The number of carbonyl (C=O) groups excluding carboxylic acids is 1. The molecule has 0 aliphatic rings. The Bertz CT molecular complexity index is 363. The summed E-state index contributed by atoms with van der Waals surface area (Å²) in [7, 11) is 0. The highest BCUT2D eigenvalue weighted by atomic mass is 16.1. The van der Waals surface area contributed by atoms with E-state index in [0.717, 1.165) is 0 Å². The largest absolute Gasteiger partial charge is 0.309 e. The first kappa shape index (κ1) is 10.1. The number of nitriles is 1. The molecule has 0 saturated heterocycles. The van der Waals surface area contributed by atoms with Crippen LogP contribution in [0.5, 0.6) is 0 Å². The van der Waals surface area contributed by atoms with Gasteiger partial charge in [-0.2, -0.15) is 5.26 Å². The van der Waals surface area contributed by atoms with Gasteiger partial charge in [0.05, 0.1) is 0 Å². The zero-order chi connectivity index (χ0) is 10.6. The topological polar surface area (TPSA) is 78.7 Å². The van der Waals surface area contributed by atoms with Gasteiger partial charge >= 0.3 is 0 Å². The van der Waals surface area contributed by atoms with Crippen molar-refractivity contribution in [3.63, 3.8) is 0 Å². The number of rotatable bonds is 2. The van der Waals surface area contributed by atoms with E-state index >= 15 is 0 Å². The standard InChI is InChI=1S/C9H10N4O/c1-6(2)9(14)11-8-4-3-7(5-10)12-13-8/h3-4,6H,1-2H3,(H,11,13,14). The molecule has 1 heterocycles. The predicted molar refractivity (Wildman–Crippen MR) is 50.2 cm³/mol. The van der Waals surface area contributed by atoms with Crippen molar-refractivity contribution in [1.82, 2.24) is 10.2 Å². The first-order valence-corrected chi connectivity index (χ1v) is 4.18. The summed E-state index contributed by atoms with van der Waals surface area (Å²) in [4.78, 5) is 11.2. The van der Waals surface area contributed by atoms with E-state index in [-0.39, 0.29) is 17.5 Å². The maximum Gasteiger partial charge on any atom is 0.228 e. The third kappa shape index (κ3) is 2.52. The van der Waals surface area contributed by atoms with Crippen molar-refractivity contribution in [2.45, 2.75) is 13.8 Å². The van der Waals surface area contributed by atoms with Gasteiger partial charge in [0.1, 0.15) is 6.07 Å². The molecule has 1 aromatic rings. The molecular formula is C9H10N4O. The smallest absolute Gasteiger partial charge is 0.228 e. The summed E-state index contributed by atoms with van der Waals surface area (Å²) < 4.78 is 0. The highest BCUT2D eigenvalue weighted by Crippen LogP contribution is 2.03. The van der Waals surface area contributed by atoms with E-state index in [0.29, 0.717) is 5.82 Å². The second kappa shape index (κ2) is 4.33. The lowest BCUT2D eigenvalue weighted by atomic mass is 10.2. The Hall–Kier alpha value is -1.96. The van der Waals surface area contributed by atoms with E-state index in [2.05, 4.69) is 15.5 Å². The summed E-state index contributed by atoms with van der Waals surface area (Å²) >= 11 is 0. The van der Waals surface area contributed by atoms with Crippen LogP contribution in [0.4, 0.5) is 5.82 Å². The van der Waals surface area contributed by atoms with E-state index in [9.17, 15) is 4.79 Å². The molecule has 1 aromatic heterocycles. The predicted octanol–water partition coefficient (Wildman–Crippen LogP) is 0.943. The highest BCUT2D eigenvalue weighted by Gasteiger charge is 2.07. The molecule has 0 unspecified atom stereocenters. The van der Waals surface area contributed by atoms with Crippen LogP contribution < -0.4 is 5.32 Å². The second-order valence-electron chi connectivity index (χ2n) is 3.06. The van der Waals surface area contributed by atoms with Gasteiger partial charge in [-0.25, -0.2) is 0 Å². The highest BCUT2D eigenvalue weighted by molar-refractivity contribution is 5.91. The minimum absolute atomic E-state index is 0.104. The van der Waals surface area contributed by atoms with Crippen molar-refractivity contribution in [1.29, 1.82) is 5.26 Å². The van der Waals surface area contributed by atoms with Crippen LogP contribution in [-0.4, -0.2) is 16.1 Å². The Balaban J connectivity index is 2.70. The fourth-order valence-corrected chi connectivity index (χ4v) is 0.729. The van der Waals surface area contributed by atoms with Gasteiger partial charge in [0.25, 0.3) is 0 Å². The number of aromatic nitrogens is 2. The zero-order valence-corrected chi connectivity index (χ0v) is 7.98. The molecule has 0 aliphatic carbocycles. The molecule has 0 bridgehead atoms. The molecule has 0 fully saturated rings. The van der Waals surface area contributed by atoms with Gasteiger partial charge in [-0.3, -0.25) is 4.79 Å². The van der Waals surface area contributed by atoms with Crippen molar-refractivity contribution in [3.8, 4) is 6.07 Å². The first-order chi connectivity index (χ1) is 6.63. The molecule has 1 amide bonds. The summed E-state index contributed by atoms with van der Waals surface area (Å²) in [5, 5.41) is 18.3. The molecule has 0 radical (unpaired) electrons. The molecule has 1 N–H and O–H groups in total. The molecule has 5 nitrogen and oxygen atoms in total. The number of hydrogen-bond donors (Lipinski definition) is 1. The van der Waals surface area contributed by atoms with Crippen molar-refractivity contribution < 1.29 is 4.79 Å². The number of carbonyl (C=O) groups is 1. The van der Waals surface area contributed by atoms with Crippen LogP contribution in [0.15, 0.2) is 12.1 Å². The lowest BCUT2D eigenvalue weighted by Crippen LogP contribution is -2.18. The second-order valence-corrected chi connectivity index (χ2v) is 3.06. The van der Waals surface area contributed by atoms with Crippen molar-refractivity contribution in [3.05, 3.63) is 17.8 Å². The van der Waals surface area contributed by atoms with Gasteiger partial charge < -0.3 is 5.32 Å². The summed E-state index contributed by atoms with van der Waals surface area (Å²) in [6.45, 7) is 3.57. The maximum atomic E-state index is 11.2. The molecule has 0 aromatic carbocycles. The molecule has 72 valence electrons. The van der Waals surface area contributed by atoms with Crippen molar-refractivity contribution in [2.75, 3.05) is 5.32 Å². The van der Waals surface area contributed by atoms with E-state index in [1.54, 1.807) is 19.9 Å². The Kier molecular flexibility index (Phi) is 3.13. The summed E-state index contributed by atoms with van der Waals surface area (Å²) in [5.74, 6) is 0.138. The third-order valence-corrected chi connectivity index (χ3v) is 1.55. The van der Waals surface area contributed by atoms with Crippen LogP contribution in [0, 0.1) is 17.2 Å². The minimum Gasteiger partial charge on any atom is -0.309 e. The molecule has 0 atom stereocenters. The van der Waals surface area contributed by atoms with E-state index in [4.69, 9.17) is 5.26 Å². The minimum atomic E-state index is -0.121. The van der Waals surface area contributed by atoms with Gasteiger partial charge in [0, 0.05) is 5.92 Å². The van der Waals surface area contributed by atoms with Crippen LogP contribution in [0.1, 0.15) is 19.5 Å². The zero-order valence-electron chi connectivity index (χ0n) is 7.98. The fraction of sp³-hybridized carbons (Fsp3) is 0.333. The number of nitrogens with zero attached hydrogens (tertiary/aromatic N) is 3. The monoisotopic (exact) mass is 190 g/mol. The Morgan fingerprint density at radius 3 is 2.64 bits per heavy atom. The average Bonchev–Trinajstić information content (AvgIpc) is 2.19. The lowest BCUT2D eigenvalue weighted by Gasteiger charge is -2.05. The van der Waals surface area contributed by atoms with E-state index in [1.165, 1.54) is 6.07 Å². The summed E-state index contributed by atoms with van der Waals surface area (Å²) in [6, 6.07) is 4.89. The third-order valence-electron chi connectivity index (χ3n) is 1.55. The Morgan fingerprint density at radius 1 is 1.50 bits per heavy atom. The van der Waals surface area contributed by atoms with Crippen LogP contribution >= 0.6 is 0 Å². The number of anilines is 1. The molecular weight excluding hydrogens is 180 g/mol. The average molecular weight is 190 g/mol. The molecule has 0 aliphatic heterocycles. The molecule has 0 spiro atoms. The Morgan fingerprint density at radius 2 is 2.21 bits per heavy atom. The van der Waals surface area contributed by atoms with Crippen molar-refractivity contribution >= 4 is 11.7 Å². The van der Waals surface area contributed by atoms with Crippen LogP contribution in [0.25, 0.3) is 0 Å².